The summed E-state index contributed by atoms with van der Waals surface area (Å²) < 4.78 is 37.8. The third kappa shape index (κ3) is 4.80. The fourth-order valence-corrected chi connectivity index (χ4v) is 4.56. The molecule has 1 aliphatic rings. The largest absolute Gasteiger partial charge is 0.497 e. The van der Waals surface area contributed by atoms with Crippen LogP contribution in [0.15, 0.2) is 53.4 Å². The fraction of sp³-hybridized carbons (Fsp3) is 0.400. The number of rotatable bonds is 7. The molecule has 27 heavy (non-hydrogen) atoms. The van der Waals surface area contributed by atoms with E-state index in [0.717, 1.165) is 12.3 Å². The van der Waals surface area contributed by atoms with Crippen molar-refractivity contribution in [3.05, 3.63) is 54.1 Å². The van der Waals surface area contributed by atoms with E-state index in [0.29, 0.717) is 43.4 Å². The summed E-state index contributed by atoms with van der Waals surface area (Å²) in [5.41, 5.74) is 1.19. The second-order valence-electron chi connectivity index (χ2n) is 6.43. The van der Waals surface area contributed by atoms with Crippen LogP contribution in [0.4, 0.5) is 0 Å². The first kappa shape index (κ1) is 19.7. The number of hydrogen-bond donors (Lipinski definition) is 0. The standard InChI is InChI=1S/C20H26N2O4S/c1-3-26-19-8-10-20(11-9-19)27(23,24)22-14-12-21(13-15-22)16-17-4-6-18(25-2)7-5-17/h4-11H,3,12-16H2,1-2H3. The Balaban J connectivity index is 1.58. The van der Waals surface area contributed by atoms with Gasteiger partial charge in [0.15, 0.2) is 0 Å². The lowest BCUT2D eigenvalue weighted by Crippen LogP contribution is -2.48. The molecule has 146 valence electrons. The minimum Gasteiger partial charge on any atom is -0.497 e. The Kier molecular flexibility index (Phi) is 6.36. The highest BCUT2D eigenvalue weighted by molar-refractivity contribution is 7.89. The fourth-order valence-electron chi connectivity index (χ4n) is 3.14. The van der Waals surface area contributed by atoms with Crippen LogP contribution in [0.3, 0.4) is 0 Å². The van der Waals surface area contributed by atoms with Crippen LogP contribution in [0.25, 0.3) is 0 Å². The van der Waals surface area contributed by atoms with Crippen LogP contribution in [-0.4, -0.2) is 57.5 Å². The average molecular weight is 391 g/mol. The van der Waals surface area contributed by atoms with Gasteiger partial charge in [-0.25, -0.2) is 8.42 Å². The second kappa shape index (κ2) is 8.73. The van der Waals surface area contributed by atoms with Gasteiger partial charge in [0.05, 0.1) is 18.6 Å². The molecule has 0 aromatic heterocycles. The van der Waals surface area contributed by atoms with E-state index in [1.165, 1.54) is 5.56 Å². The highest BCUT2D eigenvalue weighted by Crippen LogP contribution is 2.21. The molecule has 1 heterocycles. The first-order valence-electron chi connectivity index (χ1n) is 9.11. The zero-order chi connectivity index (χ0) is 19.3. The molecule has 3 rings (SSSR count). The molecule has 2 aromatic carbocycles. The van der Waals surface area contributed by atoms with Crippen molar-refractivity contribution < 1.29 is 17.9 Å². The minimum atomic E-state index is -3.46. The van der Waals surface area contributed by atoms with Crippen molar-refractivity contribution >= 4 is 10.0 Å². The Morgan fingerprint density at radius 2 is 1.48 bits per heavy atom. The zero-order valence-corrected chi connectivity index (χ0v) is 16.6. The second-order valence-corrected chi connectivity index (χ2v) is 8.37. The van der Waals surface area contributed by atoms with Gasteiger partial charge in [-0.2, -0.15) is 4.31 Å². The Morgan fingerprint density at radius 3 is 2.04 bits per heavy atom. The summed E-state index contributed by atoms with van der Waals surface area (Å²) in [7, 11) is -1.81. The van der Waals surface area contributed by atoms with E-state index < -0.39 is 10.0 Å². The summed E-state index contributed by atoms with van der Waals surface area (Å²) in [6, 6.07) is 14.6. The molecule has 6 nitrogen and oxygen atoms in total. The van der Waals surface area contributed by atoms with Crippen molar-refractivity contribution in [1.82, 2.24) is 9.21 Å². The lowest BCUT2D eigenvalue weighted by molar-refractivity contribution is 0.181. The number of nitrogens with zero attached hydrogens (tertiary/aromatic N) is 2. The van der Waals surface area contributed by atoms with Crippen molar-refractivity contribution in [2.24, 2.45) is 0 Å². The van der Waals surface area contributed by atoms with Crippen LogP contribution < -0.4 is 9.47 Å². The normalized spacial score (nSPS) is 16.2. The van der Waals surface area contributed by atoms with Gasteiger partial charge >= 0.3 is 0 Å². The Bertz CT molecular complexity index is 827. The molecule has 0 radical (unpaired) electrons. The summed E-state index contributed by atoms with van der Waals surface area (Å²) >= 11 is 0. The molecule has 0 N–H and O–H groups in total. The molecular weight excluding hydrogens is 364 g/mol. The Morgan fingerprint density at radius 1 is 0.889 bits per heavy atom. The smallest absolute Gasteiger partial charge is 0.243 e. The van der Waals surface area contributed by atoms with E-state index in [1.807, 2.05) is 31.2 Å². The summed E-state index contributed by atoms with van der Waals surface area (Å²) in [5, 5.41) is 0. The number of hydrogen-bond acceptors (Lipinski definition) is 5. The lowest BCUT2D eigenvalue weighted by atomic mass is 10.2. The van der Waals surface area contributed by atoms with Gasteiger partial charge in [-0.1, -0.05) is 12.1 Å². The van der Waals surface area contributed by atoms with Crippen LogP contribution in [0.2, 0.25) is 0 Å². The Labute approximate surface area is 161 Å². The Hall–Kier alpha value is -2.09. The molecule has 0 unspecified atom stereocenters. The molecule has 0 aliphatic carbocycles. The number of benzene rings is 2. The van der Waals surface area contributed by atoms with Crippen molar-refractivity contribution in [3.63, 3.8) is 0 Å². The first-order valence-corrected chi connectivity index (χ1v) is 10.5. The van der Waals surface area contributed by atoms with Crippen LogP contribution in [0, 0.1) is 0 Å². The molecule has 0 saturated carbocycles. The van der Waals surface area contributed by atoms with Gasteiger partial charge in [0.25, 0.3) is 0 Å². The molecular formula is C20H26N2O4S. The molecule has 7 heteroatoms. The summed E-state index contributed by atoms with van der Waals surface area (Å²) in [6.45, 7) is 5.67. The number of methoxy groups -OCH3 is 1. The summed E-state index contributed by atoms with van der Waals surface area (Å²) in [4.78, 5) is 2.58. The van der Waals surface area contributed by atoms with Crippen molar-refractivity contribution in [1.29, 1.82) is 0 Å². The predicted octanol–water partition coefficient (Wildman–Crippen LogP) is 2.60. The highest BCUT2D eigenvalue weighted by Gasteiger charge is 2.28. The third-order valence-corrected chi connectivity index (χ3v) is 6.58. The quantitative estimate of drug-likeness (QED) is 0.727. The number of ether oxygens (including phenoxy) is 2. The van der Waals surface area contributed by atoms with Crippen LogP contribution in [0.5, 0.6) is 11.5 Å². The summed E-state index contributed by atoms with van der Waals surface area (Å²) in [5.74, 6) is 1.52. The zero-order valence-electron chi connectivity index (χ0n) is 15.8. The van der Waals surface area contributed by atoms with Gasteiger partial charge in [0.1, 0.15) is 11.5 Å². The minimum absolute atomic E-state index is 0.314. The van der Waals surface area contributed by atoms with Crippen LogP contribution in [0.1, 0.15) is 12.5 Å². The van der Waals surface area contributed by atoms with Crippen molar-refractivity contribution in [2.75, 3.05) is 39.9 Å². The van der Waals surface area contributed by atoms with E-state index in [1.54, 1.807) is 35.7 Å². The third-order valence-electron chi connectivity index (χ3n) is 4.67. The number of sulfonamides is 1. The summed E-state index contributed by atoms with van der Waals surface area (Å²) in [6.07, 6.45) is 0. The number of piperazine rings is 1. The van der Waals surface area contributed by atoms with E-state index in [-0.39, 0.29) is 0 Å². The van der Waals surface area contributed by atoms with E-state index in [2.05, 4.69) is 4.90 Å². The molecule has 2 aromatic rings. The highest BCUT2D eigenvalue weighted by atomic mass is 32.2. The van der Waals surface area contributed by atoms with Crippen LogP contribution in [-0.2, 0) is 16.6 Å². The molecule has 1 aliphatic heterocycles. The maximum Gasteiger partial charge on any atom is 0.243 e. The maximum absolute atomic E-state index is 12.8. The topological polar surface area (TPSA) is 59.1 Å². The van der Waals surface area contributed by atoms with Gasteiger partial charge in [-0.05, 0) is 48.9 Å². The molecule has 0 atom stereocenters. The van der Waals surface area contributed by atoms with Gasteiger partial charge in [0.2, 0.25) is 10.0 Å². The maximum atomic E-state index is 12.8. The first-order chi connectivity index (χ1) is 13.0. The van der Waals surface area contributed by atoms with Crippen LogP contribution >= 0.6 is 0 Å². The van der Waals surface area contributed by atoms with Gasteiger partial charge in [0, 0.05) is 32.7 Å². The molecule has 1 saturated heterocycles. The monoisotopic (exact) mass is 390 g/mol. The lowest BCUT2D eigenvalue weighted by Gasteiger charge is -2.34. The molecule has 0 spiro atoms. The molecule has 0 amide bonds. The van der Waals surface area contributed by atoms with Gasteiger partial charge in [-0.15, -0.1) is 0 Å². The predicted molar refractivity (Wildman–Crippen MR) is 105 cm³/mol. The van der Waals surface area contributed by atoms with Gasteiger partial charge in [-0.3, -0.25) is 4.90 Å². The SMILES string of the molecule is CCOc1ccc(S(=O)(=O)N2CCN(Cc3ccc(OC)cc3)CC2)cc1. The van der Waals surface area contributed by atoms with Crippen molar-refractivity contribution in [3.8, 4) is 11.5 Å². The van der Waals surface area contributed by atoms with E-state index >= 15 is 0 Å². The molecule has 0 bridgehead atoms. The van der Waals surface area contributed by atoms with E-state index in [4.69, 9.17) is 9.47 Å². The molecule has 1 fully saturated rings. The van der Waals surface area contributed by atoms with Gasteiger partial charge < -0.3 is 9.47 Å². The van der Waals surface area contributed by atoms with E-state index in [9.17, 15) is 8.42 Å². The average Bonchev–Trinajstić information content (AvgIpc) is 2.70. The van der Waals surface area contributed by atoms with Crippen molar-refractivity contribution in [2.45, 2.75) is 18.4 Å².